The monoisotopic (exact) mass is 193 g/mol. The Bertz CT molecular complexity index is 216. The molecule has 0 aromatic carbocycles. The highest BCUT2D eigenvalue weighted by Crippen LogP contribution is 2.01. The molecule has 1 aromatic rings. The van der Waals surface area contributed by atoms with E-state index in [9.17, 15) is 0 Å². The number of methoxy groups -OCH3 is 1. The minimum Gasteiger partial charge on any atom is -0.384 e. The molecule has 0 saturated heterocycles. The van der Waals surface area contributed by atoms with Crippen LogP contribution in [0.15, 0.2) is 4.52 Å². The summed E-state index contributed by atoms with van der Waals surface area (Å²) in [6.07, 6.45) is 0.682. The molecule has 0 fully saturated rings. The van der Waals surface area contributed by atoms with Gasteiger partial charge in [0.1, 0.15) is 0 Å². The van der Waals surface area contributed by atoms with Crippen molar-refractivity contribution >= 4 is 18.4 Å². The van der Waals surface area contributed by atoms with Gasteiger partial charge in [0.15, 0.2) is 5.82 Å². The summed E-state index contributed by atoms with van der Waals surface area (Å²) in [6, 6.07) is 0.441. The predicted octanol–water partition coefficient (Wildman–Crippen LogP) is 0.722. The SMILES string of the molecule is CNc1nc(CCOC)no1.Cl. The lowest BCUT2D eigenvalue weighted by Crippen LogP contribution is -1.96. The number of aromatic nitrogens is 2. The van der Waals surface area contributed by atoms with E-state index < -0.39 is 0 Å². The quantitative estimate of drug-likeness (QED) is 0.764. The number of ether oxygens (including phenoxy) is 1. The van der Waals surface area contributed by atoms with Crippen LogP contribution in [0.1, 0.15) is 5.82 Å². The van der Waals surface area contributed by atoms with Crippen LogP contribution in [0.5, 0.6) is 0 Å². The first-order chi connectivity index (χ1) is 5.36. The van der Waals surface area contributed by atoms with Crippen LogP contribution in [-0.4, -0.2) is 30.9 Å². The van der Waals surface area contributed by atoms with Crippen molar-refractivity contribution in [2.45, 2.75) is 6.42 Å². The summed E-state index contributed by atoms with van der Waals surface area (Å²) in [5, 5.41) is 6.44. The molecule has 0 radical (unpaired) electrons. The molecule has 12 heavy (non-hydrogen) atoms. The van der Waals surface area contributed by atoms with Crippen LogP contribution in [0.3, 0.4) is 0 Å². The summed E-state index contributed by atoms with van der Waals surface area (Å²) in [6.45, 7) is 0.614. The lowest BCUT2D eigenvalue weighted by molar-refractivity contribution is 0.199. The van der Waals surface area contributed by atoms with Gasteiger partial charge in [0.05, 0.1) is 6.61 Å². The van der Waals surface area contributed by atoms with Crippen molar-refractivity contribution in [1.29, 1.82) is 0 Å². The average Bonchev–Trinajstić information content (AvgIpc) is 2.48. The molecule has 70 valence electrons. The molecule has 0 unspecified atom stereocenters. The minimum absolute atomic E-state index is 0. The first-order valence-corrected chi connectivity index (χ1v) is 3.36. The normalized spacial score (nSPS) is 9.17. The topological polar surface area (TPSA) is 60.2 Å². The Labute approximate surface area is 76.9 Å². The number of nitrogens with one attached hydrogen (secondary N) is 1. The van der Waals surface area contributed by atoms with Gasteiger partial charge in [0.25, 0.3) is 0 Å². The van der Waals surface area contributed by atoms with Gasteiger partial charge in [-0.3, -0.25) is 0 Å². The first-order valence-electron chi connectivity index (χ1n) is 3.36. The smallest absolute Gasteiger partial charge is 0.321 e. The number of rotatable bonds is 4. The van der Waals surface area contributed by atoms with Crippen LogP contribution in [0, 0.1) is 0 Å². The van der Waals surface area contributed by atoms with Crippen molar-refractivity contribution in [3.63, 3.8) is 0 Å². The third kappa shape index (κ3) is 3.06. The van der Waals surface area contributed by atoms with Crippen molar-refractivity contribution < 1.29 is 9.26 Å². The van der Waals surface area contributed by atoms with Crippen LogP contribution >= 0.6 is 12.4 Å². The molecule has 0 bridgehead atoms. The summed E-state index contributed by atoms with van der Waals surface area (Å²) in [4.78, 5) is 4.00. The maximum atomic E-state index is 4.85. The molecule has 5 nitrogen and oxygen atoms in total. The fraction of sp³-hybridized carbons (Fsp3) is 0.667. The Hall–Kier alpha value is -0.810. The fourth-order valence-electron chi connectivity index (χ4n) is 0.650. The first kappa shape index (κ1) is 11.2. The Morgan fingerprint density at radius 1 is 1.58 bits per heavy atom. The lowest BCUT2D eigenvalue weighted by atomic mass is 10.4. The second-order valence-corrected chi connectivity index (χ2v) is 2.01. The van der Waals surface area contributed by atoms with Gasteiger partial charge >= 0.3 is 6.01 Å². The summed E-state index contributed by atoms with van der Waals surface area (Å²) < 4.78 is 9.63. The van der Waals surface area contributed by atoms with E-state index in [-0.39, 0.29) is 12.4 Å². The molecular formula is C6H12ClN3O2. The molecule has 1 heterocycles. The van der Waals surface area contributed by atoms with Crippen molar-refractivity contribution in [2.75, 3.05) is 26.1 Å². The molecule has 0 aliphatic heterocycles. The fourth-order valence-corrected chi connectivity index (χ4v) is 0.650. The Balaban J connectivity index is 0.00000121. The Kier molecular flexibility index (Phi) is 5.40. The molecule has 1 aromatic heterocycles. The van der Waals surface area contributed by atoms with E-state index in [1.807, 2.05) is 0 Å². The molecule has 0 aliphatic rings. The summed E-state index contributed by atoms with van der Waals surface area (Å²) in [5.41, 5.74) is 0. The van der Waals surface area contributed by atoms with Crippen LogP contribution in [0.25, 0.3) is 0 Å². The molecule has 0 atom stereocenters. The zero-order valence-corrected chi connectivity index (χ0v) is 7.85. The summed E-state index contributed by atoms with van der Waals surface area (Å²) >= 11 is 0. The van der Waals surface area contributed by atoms with Crippen LogP contribution in [0.4, 0.5) is 6.01 Å². The van der Waals surface area contributed by atoms with Crippen LogP contribution < -0.4 is 5.32 Å². The number of anilines is 1. The van der Waals surface area contributed by atoms with Gasteiger partial charge < -0.3 is 14.6 Å². The molecule has 1 N–H and O–H groups in total. The number of hydrogen-bond acceptors (Lipinski definition) is 5. The van der Waals surface area contributed by atoms with Gasteiger partial charge in [-0.25, -0.2) is 0 Å². The van der Waals surface area contributed by atoms with Crippen molar-refractivity contribution in [2.24, 2.45) is 0 Å². The molecular weight excluding hydrogens is 182 g/mol. The van der Waals surface area contributed by atoms with Crippen LogP contribution in [-0.2, 0) is 11.2 Å². The van der Waals surface area contributed by atoms with E-state index in [2.05, 4.69) is 15.5 Å². The van der Waals surface area contributed by atoms with Gasteiger partial charge in [-0.05, 0) is 0 Å². The van der Waals surface area contributed by atoms with Gasteiger partial charge in [0.2, 0.25) is 0 Å². The highest BCUT2D eigenvalue weighted by atomic mass is 35.5. The van der Waals surface area contributed by atoms with E-state index >= 15 is 0 Å². The number of nitrogens with zero attached hydrogens (tertiary/aromatic N) is 2. The third-order valence-electron chi connectivity index (χ3n) is 1.21. The van der Waals surface area contributed by atoms with Gasteiger partial charge in [-0.2, -0.15) is 4.98 Å². The summed E-state index contributed by atoms with van der Waals surface area (Å²) in [7, 11) is 3.37. The Morgan fingerprint density at radius 3 is 2.83 bits per heavy atom. The van der Waals surface area contributed by atoms with Gasteiger partial charge in [-0.1, -0.05) is 5.16 Å². The maximum absolute atomic E-state index is 4.85. The Morgan fingerprint density at radius 2 is 2.33 bits per heavy atom. The largest absolute Gasteiger partial charge is 0.384 e. The highest BCUT2D eigenvalue weighted by Gasteiger charge is 2.02. The highest BCUT2D eigenvalue weighted by molar-refractivity contribution is 5.85. The molecule has 0 amide bonds. The van der Waals surface area contributed by atoms with E-state index in [0.29, 0.717) is 24.9 Å². The molecule has 0 saturated carbocycles. The second-order valence-electron chi connectivity index (χ2n) is 2.01. The van der Waals surface area contributed by atoms with Crippen molar-refractivity contribution in [3.05, 3.63) is 5.82 Å². The molecule has 6 heteroatoms. The van der Waals surface area contributed by atoms with Gasteiger partial charge in [0, 0.05) is 20.6 Å². The summed E-state index contributed by atoms with van der Waals surface area (Å²) in [5.74, 6) is 0.663. The van der Waals surface area contributed by atoms with Crippen LogP contribution in [0.2, 0.25) is 0 Å². The maximum Gasteiger partial charge on any atom is 0.321 e. The molecule has 1 rings (SSSR count). The van der Waals surface area contributed by atoms with Crippen molar-refractivity contribution in [1.82, 2.24) is 10.1 Å². The number of halogens is 1. The predicted molar refractivity (Wildman–Crippen MR) is 46.7 cm³/mol. The second kappa shape index (κ2) is 5.79. The van der Waals surface area contributed by atoms with Gasteiger partial charge in [-0.15, -0.1) is 12.4 Å². The van der Waals surface area contributed by atoms with Crippen molar-refractivity contribution in [3.8, 4) is 0 Å². The average molecular weight is 194 g/mol. The third-order valence-corrected chi connectivity index (χ3v) is 1.21. The number of hydrogen-bond donors (Lipinski definition) is 1. The lowest BCUT2D eigenvalue weighted by Gasteiger charge is -1.90. The minimum atomic E-state index is 0. The standard InChI is InChI=1S/C6H11N3O2.ClH/c1-7-6-8-5(9-11-6)3-4-10-2;/h3-4H2,1-2H3,(H,7,8,9);1H. The van der Waals surface area contributed by atoms with E-state index in [4.69, 9.17) is 9.26 Å². The molecule has 0 spiro atoms. The van der Waals surface area contributed by atoms with E-state index in [1.54, 1.807) is 14.2 Å². The van der Waals surface area contributed by atoms with E-state index in [0.717, 1.165) is 0 Å². The zero-order chi connectivity index (χ0) is 8.10. The molecule has 0 aliphatic carbocycles. The van der Waals surface area contributed by atoms with E-state index in [1.165, 1.54) is 0 Å². The zero-order valence-electron chi connectivity index (χ0n) is 7.03.